The molecule has 1 aliphatic carbocycles. The van der Waals surface area contributed by atoms with Gasteiger partial charge in [0.15, 0.2) is 5.89 Å². The van der Waals surface area contributed by atoms with Crippen LogP contribution in [0.5, 0.6) is 0 Å². The molecule has 0 saturated carbocycles. The third kappa shape index (κ3) is 3.68. The number of piperidine rings is 1. The molecule has 1 unspecified atom stereocenters. The second kappa shape index (κ2) is 7.20. The third-order valence-electron chi connectivity index (χ3n) is 4.90. The average molecular weight is 331 g/mol. The summed E-state index contributed by atoms with van der Waals surface area (Å²) in [7, 11) is 0. The molecule has 1 aromatic heterocycles. The molecule has 6 heteroatoms. The van der Waals surface area contributed by atoms with Crippen LogP contribution in [0.25, 0.3) is 0 Å². The van der Waals surface area contributed by atoms with Gasteiger partial charge in [0.05, 0.1) is 5.69 Å². The summed E-state index contributed by atoms with van der Waals surface area (Å²) < 4.78 is 5.64. The lowest BCUT2D eigenvalue weighted by molar-refractivity contribution is -0.133. The van der Waals surface area contributed by atoms with E-state index in [0.29, 0.717) is 18.9 Å². The van der Waals surface area contributed by atoms with E-state index in [1.54, 1.807) is 0 Å². The lowest BCUT2D eigenvalue weighted by atomic mass is 9.87. The molecule has 2 atom stereocenters. The first-order valence-electron chi connectivity index (χ1n) is 8.73. The first-order chi connectivity index (χ1) is 11.6. The van der Waals surface area contributed by atoms with Crippen LogP contribution in [-0.4, -0.2) is 40.8 Å². The zero-order valence-electron chi connectivity index (χ0n) is 14.2. The number of fused-ring (bicyclic) bond motifs is 1. The third-order valence-corrected chi connectivity index (χ3v) is 4.90. The Morgan fingerprint density at radius 2 is 2.25 bits per heavy atom. The number of carbonyl (C=O) groups is 2. The number of nitrogens with one attached hydrogen (secondary N) is 1. The van der Waals surface area contributed by atoms with Crippen LogP contribution in [0.2, 0.25) is 0 Å². The zero-order valence-corrected chi connectivity index (χ0v) is 14.2. The number of rotatable bonds is 4. The lowest BCUT2D eigenvalue weighted by Gasteiger charge is -2.34. The number of amides is 2. The quantitative estimate of drug-likeness (QED) is 0.857. The van der Waals surface area contributed by atoms with Gasteiger partial charge >= 0.3 is 0 Å². The maximum absolute atomic E-state index is 12.7. The molecule has 3 rings (SSSR count). The van der Waals surface area contributed by atoms with Crippen LogP contribution >= 0.6 is 0 Å². The minimum Gasteiger partial charge on any atom is -0.446 e. The van der Waals surface area contributed by atoms with E-state index in [-0.39, 0.29) is 23.8 Å². The average Bonchev–Trinajstić information content (AvgIpc) is 2.96. The molecule has 2 heterocycles. The summed E-state index contributed by atoms with van der Waals surface area (Å²) >= 11 is 0. The van der Waals surface area contributed by atoms with Crippen molar-refractivity contribution >= 4 is 11.8 Å². The first kappa shape index (κ1) is 16.7. The van der Waals surface area contributed by atoms with Crippen LogP contribution in [0.15, 0.2) is 17.1 Å². The number of likely N-dealkylation sites (tertiary alicyclic amines) is 1. The Bertz CT molecular complexity index is 637. The van der Waals surface area contributed by atoms with Crippen LogP contribution in [0.3, 0.4) is 0 Å². The maximum Gasteiger partial charge on any atom is 0.243 e. The van der Waals surface area contributed by atoms with Crippen LogP contribution in [0.1, 0.15) is 55.4 Å². The molecule has 0 radical (unpaired) electrons. The van der Waals surface area contributed by atoms with Crippen LogP contribution in [0, 0.1) is 6.92 Å². The molecule has 2 amide bonds. The summed E-state index contributed by atoms with van der Waals surface area (Å²) in [5, 5.41) is 2.90. The van der Waals surface area contributed by atoms with Crippen LogP contribution in [-0.2, 0) is 16.0 Å². The molecule has 0 spiro atoms. The normalized spacial score (nSPS) is 23.5. The summed E-state index contributed by atoms with van der Waals surface area (Å²) in [5.74, 6) is 1.76. The summed E-state index contributed by atoms with van der Waals surface area (Å²) in [5.41, 5.74) is 0.973. The highest BCUT2D eigenvalue weighted by molar-refractivity contribution is 5.87. The predicted molar refractivity (Wildman–Crippen MR) is 89.5 cm³/mol. The van der Waals surface area contributed by atoms with Crippen molar-refractivity contribution < 1.29 is 14.0 Å². The van der Waals surface area contributed by atoms with Gasteiger partial charge in [-0.2, -0.15) is 0 Å². The van der Waals surface area contributed by atoms with E-state index >= 15 is 0 Å². The number of aromatic nitrogens is 1. The molecule has 0 bridgehead atoms. The van der Waals surface area contributed by atoms with Gasteiger partial charge in [-0.1, -0.05) is 6.58 Å². The molecule has 1 fully saturated rings. The van der Waals surface area contributed by atoms with Crippen molar-refractivity contribution in [3.63, 3.8) is 0 Å². The molecular formula is C18H25N3O3. The van der Waals surface area contributed by atoms with E-state index in [4.69, 9.17) is 4.42 Å². The molecule has 24 heavy (non-hydrogen) atoms. The predicted octanol–water partition coefficient (Wildman–Crippen LogP) is 2.09. The van der Waals surface area contributed by atoms with Gasteiger partial charge in [0.25, 0.3) is 0 Å². The summed E-state index contributed by atoms with van der Waals surface area (Å²) in [4.78, 5) is 30.5. The molecule has 0 aromatic carbocycles. The summed E-state index contributed by atoms with van der Waals surface area (Å²) in [6.45, 7) is 6.67. The van der Waals surface area contributed by atoms with Gasteiger partial charge in [0, 0.05) is 44.8 Å². The molecule has 1 aromatic rings. The Hall–Kier alpha value is -2.11. The van der Waals surface area contributed by atoms with Crippen LogP contribution in [0.4, 0.5) is 0 Å². The van der Waals surface area contributed by atoms with Gasteiger partial charge in [-0.25, -0.2) is 4.98 Å². The molecule has 1 aliphatic heterocycles. The first-order valence-corrected chi connectivity index (χ1v) is 8.73. The smallest absolute Gasteiger partial charge is 0.243 e. The summed E-state index contributed by atoms with van der Waals surface area (Å²) in [6.07, 6.45) is 6.50. The van der Waals surface area contributed by atoms with Gasteiger partial charge in [0.1, 0.15) is 5.76 Å². The van der Waals surface area contributed by atoms with Crippen molar-refractivity contribution in [2.75, 3.05) is 13.1 Å². The van der Waals surface area contributed by atoms with E-state index in [1.807, 2.05) is 11.8 Å². The molecule has 1 N–H and O–H groups in total. The van der Waals surface area contributed by atoms with Crippen molar-refractivity contribution in [3.05, 3.63) is 30.0 Å². The van der Waals surface area contributed by atoms with Crippen molar-refractivity contribution in [2.24, 2.45) is 0 Å². The molecule has 130 valence electrons. The standard InChI is InChI=1S/C18H25N3O3/c1-3-16(22)20-14-7-5-9-21(11-14)17(23)10-13-6-4-8-15-18(13)19-12(2)24-15/h3,13-14H,1,4-11H2,2H3,(H,20,22)/t13?,14-/m1/s1. The number of oxazole rings is 1. The van der Waals surface area contributed by atoms with Gasteiger partial charge in [-0.15, -0.1) is 0 Å². The minimum absolute atomic E-state index is 0.0180. The highest BCUT2D eigenvalue weighted by Crippen LogP contribution is 2.34. The van der Waals surface area contributed by atoms with Crippen molar-refractivity contribution in [2.45, 2.75) is 57.4 Å². The van der Waals surface area contributed by atoms with Gasteiger partial charge in [0.2, 0.25) is 11.8 Å². The Balaban J connectivity index is 1.61. The zero-order chi connectivity index (χ0) is 17.1. The van der Waals surface area contributed by atoms with E-state index in [9.17, 15) is 9.59 Å². The minimum atomic E-state index is -0.177. The Morgan fingerprint density at radius 3 is 3.04 bits per heavy atom. The number of hydrogen-bond acceptors (Lipinski definition) is 4. The van der Waals surface area contributed by atoms with E-state index in [0.717, 1.165) is 50.1 Å². The highest BCUT2D eigenvalue weighted by atomic mass is 16.4. The van der Waals surface area contributed by atoms with Crippen molar-refractivity contribution in [1.82, 2.24) is 15.2 Å². The van der Waals surface area contributed by atoms with Crippen LogP contribution < -0.4 is 5.32 Å². The largest absolute Gasteiger partial charge is 0.446 e. The fourth-order valence-corrected chi connectivity index (χ4v) is 3.75. The Labute approximate surface area is 142 Å². The number of hydrogen-bond donors (Lipinski definition) is 1. The van der Waals surface area contributed by atoms with E-state index < -0.39 is 0 Å². The number of aryl methyl sites for hydroxylation is 2. The Kier molecular flexibility index (Phi) is 5.02. The second-order valence-corrected chi connectivity index (χ2v) is 6.73. The fraction of sp³-hybridized carbons (Fsp3) is 0.611. The highest BCUT2D eigenvalue weighted by Gasteiger charge is 2.30. The van der Waals surface area contributed by atoms with E-state index in [1.165, 1.54) is 6.08 Å². The summed E-state index contributed by atoms with van der Waals surface area (Å²) in [6, 6.07) is 0.0180. The molecule has 1 saturated heterocycles. The maximum atomic E-state index is 12.7. The number of carbonyl (C=O) groups excluding carboxylic acids is 2. The molecule has 2 aliphatic rings. The lowest BCUT2D eigenvalue weighted by Crippen LogP contribution is -2.49. The topological polar surface area (TPSA) is 75.4 Å². The number of nitrogens with zero attached hydrogens (tertiary/aromatic N) is 2. The second-order valence-electron chi connectivity index (χ2n) is 6.73. The monoisotopic (exact) mass is 331 g/mol. The Morgan fingerprint density at radius 1 is 1.42 bits per heavy atom. The SMILES string of the molecule is C=CC(=O)N[C@@H]1CCCN(C(=O)CC2CCCc3oc(C)nc32)C1. The molecular weight excluding hydrogens is 306 g/mol. The van der Waals surface area contributed by atoms with Crippen molar-refractivity contribution in [1.29, 1.82) is 0 Å². The van der Waals surface area contributed by atoms with Crippen molar-refractivity contribution in [3.8, 4) is 0 Å². The van der Waals surface area contributed by atoms with Gasteiger partial charge in [-0.05, 0) is 31.8 Å². The molecule has 6 nitrogen and oxygen atoms in total. The van der Waals surface area contributed by atoms with E-state index in [2.05, 4.69) is 16.9 Å². The fourth-order valence-electron chi connectivity index (χ4n) is 3.75. The van der Waals surface area contributed by atoms with Gasteiger partial charge in [-0.3, -0.25) is 9.59 Å². The van der Waals surface area contributed by atoms with Gasteiger partial charge < -0.3 is 14.6 Å².